The molecule has 1 aromatic carbocycles. The Morgan fingerprint density at radius 1 is 1.31 bits per heavy atom. The average molecular weight is 421 g/mol. The number of H-pyrrole nitrogens is 1. The van der Waals surface area contributed by atoms with Gasteiger partial charge in [-0.05, 0) is 37.1 Å². The number of aromatic nitrogens is 2. The Morgan fingerprint density at radius 2 is 2.14 bits per heavy atom. The van der Waals surface area contributed by atoms with Gasteiger partial charge in [-0.2, -0.15) is 4.31 Å². The molecule has 0 bridgehead atoms. The highest BCUT2D eigenvalue weighted by atomic mass is 32.2. The summed E-state index contributed by atoms with van der Waals surface area (Å²) in [7, 11) is -3.34. The van der Waals surface area contributed by atoms with Crippen LogP contribution in [0.4, 0.5) is 4.39 Å². The van der Waals surface area contributed by atoms with Gasteiger partial charge in [-0.15, -0.1) is 0 Å². The molecular weight excluding hydrogens is 395 g/mol. The van der Waals surface area contributed by atoms with Gasteiger partial charge in [-0.3, -0.25) is 9.69 Å². The molecule has 1 fully saturated rings. The molecule has 29 heavy (non-hydrogen) atoms. The number of aromatic amines is 1. The van der Waals surface area contributed by atoms with E-state index >= 15 is 0 Å². The molecule has 7 nitrogen and oxygen atoms in total. The average Bonchev–Trinajstić information content (AvgIpc) is 2.67. The van der Waals surface area contributed by atoms with Gasteiger partial charge < -0.3 is 4.98 Å². The molecule has 0 radical (unpaired) electrons. The number of fused-ring (bicyclic) bond motifs is 1. The third kappa shape index (κ3) is 4.57. The van der Waals surface area contributed by atoms with Gasteiger partial charge in [0.05, 0.1) is 17.5 Å². The normalized spacial score (nSPS) is 21.1. The van der Waals surface area contributed by atoms with Crippen LogP contribution in [0.3, 0.4) is 0 Å². The van der Waals surface area contributed by atoms with E-state index in [4.69, 9.17) is 4.98 Å². The molecule has 2 aromatic rings. The van der Waals surface area contributed by atoms with Crippen LogP contribution in [-0.2, 0) is 29.5 Å². The third-order valence-corrected chi connectivity index (χ3v) is 6.96. The fourth-order valence-electron chi connectivity index (χ4n) is 4.21. The molecule has 9 heteroatoms. The summed E-state index contributed by atoms with van der Waals surface area (Å²) in [5, 5.41) is 0. The molecule has 1 atom stereocenters. The van der Waals surface area contributed by atoms with E-state index in [2.05, 4.69) is 9.88 Å². The summed E-state index contributed by atoms with van der Waals surface area (Å²) in [6.07, 6.45) is 3.50. The van der Waals surface area contributed by atoms with Crippen molar-refractivity contribution >= 4 is 10.0 Å². The molecule has 0 amide bonds. The smallest absolute Gasteiger partial charge is 0.255 e. The molecule has 4 rings (SSSR count). The van der Waals surface area contributed by atoms with Gasteiger partial charge in [0.15, 0.2) is 0 Å². The summed E-state index contributed by atoms with van der Waals surface area (Å²) in [6, 6.07) is 6.62. The van der Waals surface area contributed by atoms with E-state index in [0.29, 0.717) is 36.6 Å². The second-order valence-electron chi connectivity index (χ2n) is 7.93. The molecule has 3 heterocycles. The Kier molecular flexibility index (Phi) is 5.54. The van der Waals surface area contributed by atoms with E-state index in [1.165, 1.54) is 10.4 Å². The molecule has 1 aromatic heterocycles. The highest BCUT2D eigenvalue weighted by molar-refractivity contribution is 7.88. The predicted octanol–water partition coefficient (Wildman–Crippen LogP) is 1.61. The lowest BCUT2D eigenvalue weighted by Crippen LogP contribution is -2.40. The van der Waals surface area contributed by atoms with Crippen molar-refractivity contribution in [2.45, 2.75) is 38.3 Å². The second kappa shape index (κ2) is 7.97. The largest absolute Gasteiger partial charge is 0.310 e. The first kappa shape index (κ1) is 20.2. The second-order valence-corrected chi connectivity index (χ2v) is 9.91. The lowest BCUT2D eigenvalue weighted by Gasteiger charge is -2.33. The number of benzene rings is 1. The number of nitrogens with one attached hydrogen (secondary N) is 1. The fraction of sp³-hybridized carbons (Fsp3) is 0.500. The van der Waals surface area contributed by atoms with E-state index in [1.54, 1.807) is 12.1 Å². The zero-order chi connectivity index (χ0) is 20.6. The Labute approximate surface area is 169 Å². The highest BCUT2D eigenvalue weighted by Gasteiger charge is 2.29. The number of halogens is 1. The van der Waals surface area contributed by atoms with Gasteiger partial charge in [-0.1, -0.05) is 12.1 Å². The first-order valence-corrected chi connectivity index (χ1v) is 11.7. The van der Waals surface area contributed by atoms with Gasteiger partial charge in [-0.25, -0.2) is 17.8 Å². The molecule has 2 aliphatic rings. The van der Waals surface area contributed by atoms with E-state index in [1.807, 2.05) is 6.07 Å². The van der Waals surface area contributed by atoms with E-state index in [0.717, 1.165) is 37.8 Å². The number of rotatable bonds is 4. The van der Waals surface area contributed by atoms with E-state index in [9.17, 15) is 17.6 Å². The van der Waals surface area contributed by atoms with E-state index in [-0.39, 0.29) is 23.8 Å². The lowest BCUT2D eigenvalue weighted by atomic mass is 9.96. The van der Waals surface area contributed by atoms with Crippen LogP contribution in [0.5, 0.6) is 0 Å². The Bertz CT molecular complexity index is 1070. The maximum atomic E-state index is 13.5. The minimum absolute atomic E-state index is 0.0765. The Morgan fingerprint density at radius 3 is 2.90 bits per heavy atom. The van der Waals surface area contributed by atoms with Crippen LogP contribution in [0.2, 0.25) is 0 Å². The monoisotopic (exact) mass is 420 g/mol. The van der Waals surface area contributed by atoms with Crippen molar-refractivity contribution in [1.82, 2.24) is 19.2 Å². The number of hydrogen-bond acceptors (Lipinski definition) is 5. The minimum atomic E-state index is -3.34. The van der Waals surface area contributed by atoms with Gasteiger partial charge in [0.25, 0.3) is 5.56 Å². The molecule has 156 valence electrons. The Hall–Kier alpha value is -2.10. The maximum absolute atomic E-state index is 13.5. The first-order chi connectivity index (χ1) is 13.8. The molecule has 1 saturated heterocycles. The van der Waals surface area contributed by atoms with Gasteiger partial charge in [0.1, 0.15) is 11.6 Å². The van der Waals surface area contributed by atoms with Crippen LogP contribution >= 0.6 is 0 Å². The van der Waals surface area contributed by atoms with Crippen molar-refractivity contribution in [1.29, 1.82) is 0 Å². The third-order valence-electron chi connectivity index (χ3n) is 5.71. The van der Waals surface area contributed by atoms with Crippen molar-refractivity contribution in [2.24, 2.45) is 0 Å². The Balaban J connectivity index is 1.51. The number of nitrogens with zero attached hydrogens (tertiary/aromatic N) is 3. The molecule has 0 saturated carbocycles. The lowest BCUT2D eigenvalue weighted by molar-refractivity contribution is 0.196. The van der Waals surface area contributed by atoms with Crippen molar-refractivity contribution in [3.63, 3.8) is 0 Å². The van der Waals surface area contributed by atoms with Crippen molar-refractivity contribution in [3.8, 4) is 0 Å². The van der Waals surface area contributed by atoms with Crippen LogP contribution in [0.1, 0.15) is 41.4 Å². The van der Waals surface area contributed by atoms with Crippen LogP contribution in [0, 0.1) is 5.82 Å². The number of likely N-dealkylation sites (tertiary alicyclic amines) is 1. The minimum Gasteiger partial charge on any atom is -0.310 e. The summed E-state index contributed by atoms with van der Waals surface area (Å²) < 4.78 is 38.4. The molecule has 0 aliphatic carbocycles. The zero-order valence-corrected chi connectivity index (χ0v) is 17.2. The van der Waals surface area contributed by atoms with Gasteiger partial charge in [0, 0.05) is 38.5 Å². The standard InChI is InChI=1S/C20H25FN4O3S/c1-29(27,28)25-9-7-18-17(13-25)20(26)23-19(22-18)15-5-3-8-24(12-15)11-14-4-2-6-16(21)10-14/h2,4,6,10,15H,3,5,7-9,11-13H2,1H3,(H,22,23,26). The van der Waals surface area contributed by atoms with Gasteiger partial charge in [0.2, 0.25) is 10.0 Å². The van der Waals surface area contributed by atoms with Crippen molar-refractivity contribution in [2.75, 3.05) is 25.9 Å². The highest BCUT2D eigenvalue weighted by Crippen LogP contribution is 2.26. The van der Waals surface area contributed by atoms with Crippen molar-refractivity contribution in [3.05, 3.63) is 63.1 Å². The number of sulfonamides is 1. The number of piperidine rings is 1. The summed E-state index contributed by atoms with van der Waals surface area (Å²) in [6.45, 7) is 2.75. The van der Waals surface area contributed by atoms with Crippen LogP contribution < -0.4 is 5.56 Å². The fourth-order valence-corrected chi connectivity index (χ4v) is 5.00. The first-order valence-electron chi connectivity index (χ1n) is 9.83. The number of hydrogen-bond donors (Lipinski definition) is 1. The summed E-state index contributed by atoms with van der Waals surface area (Å²) in [5.41, 5.74) is 1.82. The molecule has 1 N–H and O–H groups in total. The maximum Gasteiger partial charge on any atom is 0.255 e. The quantitative estimate of drug-likeness (QED) is 0.812. The predicted molar refractivity (Wildman–Crippen MR) is 107 cm³/mol. The van der Waals surface area contributed by atoms with Crippen LogP contribution in [-0.4, -0.2) is 53.5 Å². The molecule has 0 spiro atoms. The SMILES string of the molecule is CS(=O)(=O)N1CCc2nc(C3CCCN(Cc4cccc(F)c4)C3)[nH]c(=O)c2C1. The van der Waals surface area contributed by atoms with Gasteiger partial charge >= 0.3 is 0 Å². The molecule has 1 unspecified atom stereocenters. The zero-order valence-electron chi connectivity index (χ0n) is 16.4. The van der Waals surface area contributed by atoms with Crippen LogP contribution in [0.15, 0.2) is 29.1 Å². The molecule has 2 aliphatic heterocycles. The summed E-state index contributed by atoms with van der Waals surface area (Å²) >= 11 is 0. The van der Waals surface area contributed by atoms with Crippen LogP contribution in [0.25, 0.3) is 0 Å². The van der Waals surface area contributed by atoms with Crippen molar-refractivity contribution < 1.29 is 12.8 Å². The summed E-state index contributed by atoms with van der Waals surface area (Å²) in [4.78, 5) is 22.5. The summed E-state index contributed by atoms with van der Waals surface area (Å²) in [5.74, 6) is 0.536. The van der Waals surface area contributed by atoms with E-state index < -0.39 is 10.0 Å². The topological polar surface area (TPSA) is 86.4 Å². The molecular formula is C20H25FN4O3S.